The highest BCUT2D eigenvalue weighted by molar-refractivity contribution is 5.74. The minimum Gasteiger partial charge on any atom is -0.436 e. The Morgan fingerprint density at radius 2 is 1.69 bits per heavy atom. The predicted molar refractivity (Wildman–Crippen MR) is 78.0 cm³/mol. The number of carbonyl (C=O) groups is 1. The van der Waals surface area contributed by atoms with Gasteiger partial charge in [-0.1, -0.05) is 12.1 Å². The number of nitrogens with zero attached hydrogens (tertiary/aromatic N) is 1. The van der Waals surface area contributed by atoms with Crippen molar-refractivity contribution < 1.29 is 35.9 Å². The molecule has 0 bridgehead atoms. The first-order chi connectivity index (χ1) is 12.1. The standard InChI is InChI=1S/C17H11F6NO2/c18-13-7-10(9-25)8-24-14(13)26-12-3-1-11(2-4-12)15(5-6-15)16(19,20)17(21,22)23/h1-4,7-9H,5-6H2. The zero-order valence-electron chi connectivity index (χ0n) is 13.0. The van der Waals surface area contributed by atoms with E-state index in [0.29, 0.717) is 6.29 Å². The number of rotatable bonds is 5. The molecule has 1 aromatic carbocycles. The highest BCUT2D eigenvalue weighted by Gasteiger charge is 2.75. The monoisotopic (exact) mass is 375 g/mol. The lowest BCUT2D eigenvalue weighted by Gasteiger charge is -2.29. The van der Waals surface area contributed by atoms with E-state index in [4.69, 9.17) is 4.74 Å². The van der Waals surface area contributed by atoms with Gasteiger partial charge in [-0.3, -0.25) is 4.79 Å². The third-order valence-corrected chi connectivity index (χ3v) is 4.29. The second-order valence-electron chi connectivity index (χ2n) is 5.95. The Morgan fingerprint density at radius 1 is 1.08 bits per heavy atom. The molecule has 0 aliphatic heterocycles. The first-order valence-electron chi connectivity index (χ1n) is 7.44. The van der Waals surface area contributed by atoms with Gasteiger partial charge in [0.2, 0.25) is 0 Å². The van der Waals surface area contributed by atoms with Gasteiger partial charge in [0.25, 0.3) is 5.88 Å². The van der Waals surface area contributed by atoms with Crippen molar-refractivity contribution in [3.05, 3.63) is 53.5 Å². The SMILES string of the molecule is O=Cc1cnc(Oc2ccc(C3(C(F)(F)C(F)(F)F)CC3)cc2)c(F)c1. The number of hydrogen-bond donors (Lipinski definition) is 0. The first-order valence-corrected chi connectivity index (χ1v) is 7.44. The van der Waals surface area contributed by atoms with E-state index in [1.807, 2.05) is 0 Å². The van der Waals surface area contributed by atoms with E-state index in [9.17, 15) is 31.1 Å². The average molecular weight is 375 g/mol. The summed E-state index contributed by atoms with van der Waals surface area (Å²) in [6.07, 6.45) is -4.76. The Morgan fingerprint density at radius 3 is 2.15 bits per heavy atom. The smallest absolute Gasteiger partial charge is 0.436 e. The van der Waals surface area contributed by atoms with E-state index in [-0.39, 0.29) is 29.7 Å². The Hall–Kier alpha value is -2.58. The third-order valence-electron chi connectivity index (χ3n) is 4.29. The largest absolute Gasteiger partial charge is 0.454 e. The molecule has 9 heteroatoms. The van der Waals surface area contributed by atoms with Gasteiger partial charge in [0.05, 0.1) is 5.41 Å². The lowest BCUT2D eigenvalue weighted by atomic mass is 9.88. The molecule has 0 N–H and O–H groups in total. The number of ether oxygens (including phenoxy) is 1. The molecule has 1 aliphatic rings. The van der Waals surface area contributed by atoms with Crippen molar-refractivity contribution >= 4 is 6.29 Å². The number of aromatic nitrogens is 1. The van der Waals surface area contributed by atoms with E-state index in [1.165, 1.54) is 0 Å². The Bertz CT molecular complexity index is 828. The molecular weight excluding hydrogens is 364 g/mol. The van der Waals surface area contributed by atoms with Crippen LogP contribution in [0.4, 0.5) is 26.3 Å². The number of carbonyl (C=O) groups excluding carboxylic acids is 1. The Labute approximate surface area is 143 Å². The van der Waals surface area contributed by atoms with Gasteiger partial charge in [-0.15, -0.1) is 0 Å². The summed E-state index contributed by atoms with van der Waals surface area (Å²) in [6, 6.07) is 5.42. The van der Waals surface area contributed by atoms with Crippen molar-refractivity contribution in [1.29, 1.82) is 0 Å². The normalized spacial score (nSPS) is 16.2. The van der Waals surface area contributed by atoms with Crippen molar-refractivity contribution in [2.24, 2.45) is 0 Å². The van der Waals surface area contributed by atoms with Crippen LogP contribution in [-0.2, 0) is 5.41 Å². The fourth-order valence-electron chi connectivity index (χ4n) is 2.71. The molecule has 3 nitrogen and oxygen atoms in total. The van der Waals surface area contributed by atoms with Gasteiger partial charge in [-0.05, 0) is 36.6 Å². The quantitative estimate of drug-likeness (QED) is 0.542. The summed E-state index contributed by atoms with van der Waals surface area (Å²) in [6.45, 7) is 0. The molecule has 2 aromatic rings. The molecule has 138 valence electrons. The molecule has 1 saturated carbocycles. The van der Waals surface area contributed by atoms with Crippen LogP contribution in [0.3, 0.4) is 0 Å². The van der Waals surface area contributed by atoms with Crippen LogP contribution in [0.5, 0.6) is 11.6 Å². The number of alkyl halides is 5. The van der Waals surface area contributed by atoms with Gasteiger partial charge in [0.15, 0.2) is 12.1 Å². The summed E-state index contributed by atoms with van der Waals surface area (Å²) >= 11 is 0. The second kappa shape index (κ2) is 6.00. The molecule has 0 saturated heterocycles. The summed E-state index contributed by atoms with van der Waals surface area (Å²) in [5.41, 5.74) is -2.45. The maximum Gasteiger partial charge on any atom is 0.454 e. The molecule has 0 spiro atoms. The summed E-state index contributed by atoms with van der Waals surface area (Å²) in [5, 5.41) is 0. The number of halogens is 6. The molecule has 1 aromatic heterocycles. The maximum atomic E-state index is 13.8. The molecule has 3 rings (SSSR count). The van der Waals surface area contributed by atoms with Gasteiger partial charge < -0.3 is 4.74 Å². The predicted octanol–water partition coefficient (Wildman–Crippen LogP) is 5.05. The Balaban J connectivity index is 1.83. The average Bonchev–Trinajstić information content (AvgIpc) is 3.38. The van der Waals surface area contributed by atoms with Crippen molar-refractivity contribution in [2.75, 3.05) is 0 Å². The topological polar surface area (TPSA) is 39.2 Å². The molecule has 0 amide bonds. The van der Waals surface area contributed by atoms with E-state index in [0.717, 1.165) is 36.5 Å². The Kier molecular flexibility index (Phi) is 4.20. The molecule has 1 fully saturated rings. The second-order valence-corrected chi connectivity index (χ2v) is 5.95. The summed E-state index contributed by atoms with van der Waals surface area (Å²) in [5.74, 6) is -6.21. The third kappa shape index (κ3) is 2.91. The molecule has 1 aliphatic carbocycles. The molecular formula is C17H11F6NO2. The lowest BCUT2D eigenvalue weighted by Crippen LogP contribution is -2.47. The van der Waals surface area contributed by atoms with Gasteiger partial charge in [-0.2, -0.15) is 22.0 Å². The van der Waals surface area contributed by atoms with Gasteiger partial charge in [-0.25, -0.2) is 9.37 Å². The van der Waals surface area contributed by atoms with Crippen molar-refractivity contribution in [3.8, 4) is 11.6 Å². The van der Waals surface area contributed by atoms with Crippen molar-refractivity contribution in [1.82, 2.24) is 4.98 Å². The highest BCUT2D eigenvalue weighted by atomic mass is 19.4. The molecule has 0 unspecified atom stereocenters. The van der Waals surface area contributed by atoms with Crippen LogP contribution in [0.1, 0.15) is 28.8 Å². The summed E-state index contributed by atoms with van der Waals surface area (Å²) in [7, 11) is 0. The van der Waals surface area contributed by atoms with Crippen LogP contribution in [0, 0.1) is 5.82 Å². The van der Waals surface area contributed by atoms with Crippen LogP contribution in [0.25, 0.3) is 0 Å². The number of aldehydes is 1. The lowest BCUT2D eigenvalue weighted by molar-refractivity contribution is -0.296. The van der Waals surface area contributed by atoms with Crippen LogP contribution in [0.2, 0.25) is 0 Å². The fraction of sp³-hybridized carbons (Fsp3) is 0.294. The molecule has 26 heavy (non-hydrogen) atoms. The molecule has 0 atom stereocenters. The molecule has 1 heterocycles. The van der Waals surface area contributed by atoms with E-state index >= 15 is 0 Å². The van der Waals surface area contributed by atoms with Gasteiger partial charge >= 0.3 is 12.1 Å². The summed E-state index contributed by atoms with van der Waals surface area (Å²) < 4.78 is 84.5. The van der Waals surface area contributed by atoms with Crippen molar-refractivity contribution in [3.63, 3.8) is 0 Å². The number of benzene rings is 1. The minimum absolute atomic E-state index is 0.00439. The zero-order valence-corrected chi connectivity index (χ0v) is 13.0. The van der Waals surface area contributed by atoms with Crippen LogP contribution < -0.4 is 4.74 Å². The van der Waals surface area contributed by atoms with Crippen molar-refractivity contribution in [2.45, 2.75) is 30.4 Å². The zero-order chi connectivity index (χ0) is 19.2. The maximum absolute atomic E-state index is 13.8. The molecule has 0 radical (unpaired) electrons. The minimum atomic E-state index is -5.65. The van der Waals surface area contributed by atoms with Gasteiger partial charge in [0.1, 0.15) is 5.75 Å². The van der Waals surface area contributed by atoms with E-state index in [2.05, 4.69) is 4.98 Å². The van der Waals surface area contributed by atoms with Crippen LogP contribution >= 0.6 is 0 Å². The van der Waals surface area contributed by atoms with Crippen LogP contribution in [-0.4, -0.2) is 23.4 Å². The van der Waals surface area contributed by atoms with E-state index in [1.54, 1.807) is 0 Å². The fourth-order valence-corrected chi connectivity index (χ4v) is 2.71. The number of pyridine rings is 1. The highest BCUT2D eigenvalue weighted by Crippen LogP contribution is 2.63. The van der Waals surface area contributed by atoms with Crippen LogP contribution in [0.15, 0.2) is 36.5 Å². The van der Waals surface area contributed by atoms with E-state index < -0.39 is 29.2 Å². The number of hydrogen-bond acceptors (Lipinski definition) is 3. The first kappa shape index (κ1) is 18.2. The van der Waals surface area contributed by atoms with Gasteiger partial charge in [0, 0.05) is 11.8 Å². The summed E-state index contributed by atoms with van der Waals surface area (Å²) in [4.78, 5) is 14.1.